The van der Waals surface area contributed by atoms with Crippen LogP contribution in [0.3, 0.4) is 0 Å². The number of rotatable bonds is 4. The second-order valence-corrected chi connectivity index (χ2v) is 10.0. The van der Waals surface area contributed by atoms with E-state index in [1.165, 1.54) is 37.7 Å². The van der Waals surface area contributed by atoms with Crippen LogP contribution in [-0.2, 0) is 8.87 Å². The normalized spacial score (nSPS) is 16.4. The van der Waals surface area contributed by atoms with Gasteiger partial charge in [-0.1, -0.05) is 55.2 Å². The third kappa shape index (κ3) is 3.99. The highest BCUT2D eigenvalue weighted by Gasteiger charge is 2.23. The summed E-state index contributed by atoms with van der Waals surface area (Å²) in [5.74, 6) is 0.501. The minimum atomic E-state index is -3.37. The van der Waals surface area contributed by atoms with Crippen LogP contribution in [-0.4, -0.2) is 8.42 Å². The minimum absolute atomic E-state index is 0.381. The molecule has 0 aromatic heterocycles. The van der Waals surface area contributed by atoms with E-state index in [2.05, 4.69) is 6.07 Å². The summed E-state index contributed by atoms with van der Waals surface area (Å²) in [6, 6.07) is 15.1. The number of aryl methyl sites for hydroxylation is 1. The van der Waals surface area contributed by atoms with Gasteiger partial charge in [0.25, 0.3) is 0 Å². The van der Waals surface area contributed by atoms with Gasteiger partial charge in [-0.15, -0.1) is 0 Å². The predicted molar refractivity (Wildman–Crippen MR) is 96.5 cm³/mol. The van der Waals surface area contributed by atoms with Crippen LogP contribution in [0.1, 0.15) is 49.1 Å². The second-order valence-electron chi connectivity index (χ2n) is 6.22. The van der Waals surface area contributed by atoms with Crippen LogP contribution >= 0.6 is 10.8 Å². The monoisotopic (exact) mass is 346 g/mol. The molecule has 2 aromatic carbocycles. The van der Waals surface area contributed by atoms with Crippen LogP contribution in [0.5, 0.6) is 0 Å². The molecule has 0 N–H and O–H groups in total. The molecule has 0 saturated heterocycles. The van der Waals surface area contributed by atoms with Crippen LogP contribution < -0.4 is 0 Å². The average molecular weight is 347 g/mol. The van der Waals surface area contributed by atoms with Gasteiger partial charge in [0, 0.05) is 15.7 Å². The van der Waals surface area contributed by atoms with E-state index in [0.717, 1.165) is 21.3 Å². The molecule has 0 atom stereocenters. The van der Waals surface area contributed by atoms with E-state index in [4.69, 9.17) is 0 Å². The van der Waals surface area contributed by atoms with Crippen LogP contribution in [0.25, 0.3) is 0 Å². The molecule has 1 fully saturated rings. The Bertz CT molecular complexity index is 758. The van der Waals surface area contributed by atoms with Crippen molar-refractivity contribution in [1.29, 1.82) is 0 Å². The molecule has 1 saturated carbocycles. The fourth-order valence-corrected chi connectivity index (χ4v) is 6.23. The third-order valence-corrected chi connectivity index (χ3v) is 7.87. The van der Waals surface area contributed by atoms with E-state index >= 15 is 0 Å². The van der Waals surface area contributed by atoms with Gasteiger partial charge in [-0.2, -0.15) is 0 Å². The van der Waals surface area contributed by atoms with Crippen molar-refractivity contribution in [2.45, 2.75) is 54.7 Å². The van der Waals surface area contributed by atoms with Gasteiger partial charge in [0.15, 0.2) is 0 Å². The van der Waals surface area contributed by atoms with Crippen molar-refractivity contribution >= 4 is 19.7 Å². The zero-order valence-electron chi connectivity index (χ0n) is 13.4. The Hall–Kier alpha value is -1.26. The average Bonchev–Trinajstić information content (AvgIpc) is 2.56. The summed E-state index contributed by atoms with van der Waals surface area (Å²) in [7, 11) is -2.38. The highest BCUT2D eigenvalue weighted by atomic mass is 33.1. The van der Waals surface area contributed by atoms with Crippen LogP contribution in [0, 0.1) is 6.92 Å². The summed E-state index contributed by atoms with van der Waals surface area (Å²) in [6.07, 6.45) is 6.13. The predicted octanol–water partition coefficient (Wildman–Crippen LogP) is 5.52. The fourth-order valence-electron chi connectivity index (χ4n) is 3.18. The van der Waals surface area contributed by atoms with Crippen LogP contribution in [0.15, 0.2) is 58.3 Å². The van der Waals surface area contributed by atoms with E-state index in [1.54, 1.807) is 12.1 Å². The Morgan fingerprint density at radius 2 is 1.57 bits per heavy atom. The topological polar surface area (TPSA) is 34.1 Å². The van der Waals surface area contributed by atoms with E-state index in [1.807, 2.05) is 37.3 Å². The van der Waals surface area contributed by atoms with E-state index in [-0.39, 0.29) is 0 Å². The van der Waals surface area contributed by atoms with Crippen molar-refractivity contribution in [3.05, 3.63) is 59.7 Å². The smallest absolute Gasteiger partial charge is 0.212 e. The quantitative estimate of drug-likeness (QED) is 0.683. The lowest BCUT2D eigenvalue weighted by Crippen LogP contribution is -2.06. The first kappa shape index (κ1) is 16.6. The van der Waals surface area contributed by atoms with Crippen LogP contribution in [0.2, 0.25) is 0 Å². The van der Waals surface area contributed by atoms with Gasteiger partial charge in [-0.05, 0) is 49.4 Å². The molecule has 0 aliphatic heterocycles. The molecule has 2 nitrogen and oxygen atoms in total. The third-order valence-electron chi connectivity index (χ3n) is 4.47. The number of hydrogen-bond donors (Lipinski definition) is 0. The lowest BCUT2D eigenvalue weighted by atomic mass is 9.84. The summed E-state index contributed by atoms with van der Waals surface area (Å²) in [5.41, 5.74) is 2.27. The van der Waals surface area contributed by atoms with E-state index in [9.17, 15) is 8.42 Å². The number of benzene rings is 2. The molecule has 0 spiro atoms. The SMILES string of the molecule is Cc1ccc(S(=O)(=O)Sc2ccccc2C2CCCCC2)cc1. The molecule has 122 valence electrons. The first-order chi connectivity index (χ1) is 11.1. The summed E-state index contributed by atoms with van der Waals surface area (Å²) >= 11 is 0. The summed E-state index contributed by atoms with van der Waals surface area (Å²) in [4.78, 5) is 1.27. The van der Waals surface area contributed by atoms with Gasteiger partial charge < -0.3 is 0 Å². The maximum absolute atomic E-state index is 12.7. The van der Waals surface area contributed by atoms with Gasteiger partial charge in [0.05, 0.1) is 4.90 Å². The zero-order valence-corrected chi connectivity index (χ0v) is 15.0. The van der Waals surface area contributed by atoms with Gasteiger partial charge in [-0.3, -0.25) is 0 Å². The molecule has 0 heterocycles. The van der Waals surface area contributed by atoms with Crippen molar-refractivity contribution < 1.29 is 8.42 Å². The molecule has 23 heavy (non-hydrogen) atoms. The van der Waals surface area contributed by atoms with Gasteiger partial charge >= 0.3 is 0 Å². The Morgan fingerprint density at radius 3 is 2.26 bits per heavy atom. The maximum Gasteiger partial charge on any atom is 0.234 e. The second kappa shape index (κ2) is 7.10. The number of hydrogen-bond acceptors (Lipinski definition) is 3. The Balaban J connectivity index is 1.89. The highest BCUT2D eigenvalue weighted by molar-refractivity contribution is 8.72. The molecule has 0 amide bonds. The largest absolute Gasteiger partial charge is 0.234 e. The molecular weight excluding hydrogens is 324 g/mol. The molecule has 0 radical (unpaired) electrons. The van der Waals surface area contributed by atoms with Gasteiger partial charge in [-0.25, -0.2) is 8.42 Å². The Labute approximate surface area is 142 Å². The molecule has 3 rings (SSSR count). The lowest BCUT2D eigenvalue weighted by molar-refractivity contribution is 0.439. The molecule has 2 aromatic rings. The van der Waals surface area contributed by atoms with Crippen molar-refractivity contribution in [3.63, 3.8) is 0 Å². The molecule has 0 unspecified atom stereocenters. The summed E-state index contributed by atoms with van der Waals surface area (Å²) in [5, 5.41) is 0. The van der Waals surface area contributed by atoms with Crippen molar-refractivity contribution in [3.8, 4) is 0 Å². The lowest BCUT2D eigenvalue weighted by Gasteiger charge is -2.24. The minimum Gasteiger partial charge on any atom is -0.212 e. The standard InChI is InChI=1S/C19H22O2S2/c1-15-11-13-17(14-12-15)23(20,21)22-19-10-6-5-9-18(19)16-7-3-2-4-8-16/h5-6,9-14,16H,2-4,7-8H2,1H3. The van der Waals surface area contributed by atoms with Crippen molar-refractivity contribution in [1.82, 2.24) is 0 Å². The molecule has 0 bridgehead atoms. The molecule has 1 aliphatic carbocycles. The van der Waals surface area contributed by atoms with Crippen LogP contribution in [0.4, 0.5) is 0 Å². The molecular formula is C19H22O2S2. The van der Waals surface area contributed by atoms with Crippen molar-refractivity contribution in [2.75, 3.05) is 0 Å². The summed E-state index contributed by atoms with van der Waals surface area (Å²) < 4.78 is 25.4. The van der Waals surface area contributed by atoms with Gasteiger partial charge in [0.2, 0.25) is 8.87 Å². The first-order valence-electron chi connectivity index (χ1n) is 8.16. The molecule has 4 heteroatoms. The fraction of sp³-hybridized carbons (Fsp3) is 0.368. The maximum atomic E-state index is 12.7. The molecule has 1 aliphatic rings. The first-order valence-corrected chi connectivity index (χ1v) is 11.0. The summed E-state index contributed by atoms with van der Waals surface area (Å²) in [6.45, 7) is 1.96. The van der Waals surface area contributed by atoms with E-state index in [0.29, 0.717) is 10.8 Å². The van der Waals surface area contributed by atoms with Crippen molar-refractivity contribution in [2.24, 2.45) is 0 Å². The Morgan fingerprint density at radius 1 is 0.913 bits per heavy atom. The Kier molecular flexibility index (Phi) is 5.12. The van der Waals surface area contributed by atoms with E-state index < -0.39 is 8.87 Å². The zero-order chi connectivity index (χ0) is 16.3. The van der Waals surface area contributed by atoms with Gasteiger partial charge in [0.1, 0.15) is 0 Å². The highest BCUT2D eigenvalue weighted by Crippen LogP contribution is 2.40.